The molecule has 44 heavy (non-hydrogen) atoms. The van der Waals surface area contributed by atoms with Gasteiger partial charge in [0.05, 0.1) is 12.6 Å². The Balaban J connectivity index is 2.20. The summed E-state index contributed by atoms with van der Waals surface area (Å²) >= 11 is 0. The fraction of sp³-hybridized carbons (Fsp3) is 0.750. The van der Waals surface area contributed by atoms with E-state index in [4.69, 9.17) is 4.74 Å². The van der Waals surface area contributed by atoms with Gasteiger partial charge in [-0.05, 0) is 48.3 Å². The molecule has 4 N–H and O–H groups in total. The van der Waals surface area contributed by atoms with Crippen LogP contribution in [0, 0.1) is 22.7 Å². The van der Waals surface area contributed by atoms with Gasteiger partial charge in [0, 0.05) is 13.1 Å². The average Bonchev–Trinajstić information content (AvgIpc) is 3.68. The molecule has 1 aliphatic carbocycles. The Morgan fingerprint density at radius 1 is 0.955 bits per heavy atom. The van der Waals surface area contributed by atoms with Crippen LogP contribution in [0.25, 0.3) is 0 Å². The lowest BCUT2D eigenvalue weighted by molar-refractivity contribution is -0.149. The predicted octanol–water partition coefficient (Wildman–Crippen LogP) is 2.46. The Labute approximate surface area is 261 Å². The number of rotatable bonds is 14. The van der Waals surface area contributed by atoms with Crippen LogP contribution in [0.4, 0.5) is 4.79 Å². The molecule has 1 saturated heterocycles. The minimum atomic E-state index is -1.04. The van der Waals surface area contributed by atoms with Crippen molar-refractivity contribution in [2.75, 3.05) is 19.7 Å². The van der Waals surface area contributed by atoms with Crippen molar-refractivity contribution in [3.05, 3.63) is 12.7 Å². The number of nitrogens with one attached hydrogen (secondary N) is 4. The van der Waals surface area contributed by atoms with Crippen molar-refractivity contribution in [2.24, 2.45) is 22.7 Å². The molecule has 1 unspecified atom stereocenters. The van der Waals surface area contributed by atoms with E-state index in [1.807, 2.05) is 34.6 Å². The minimum Gasteiger partial charge on any atom is -0.464 e. The average molecular weight is 620 g/mol. The highest BCUT2D eigenvalue weighted by molar-refractivity contribution is 6.38. The molecule has 1 heterocycles. The summed E-state index contributed by atoms with van der Waals surface area (Å²) in [5.41, 5.74) is -1.41. The topological polar surface area (TPSA) is 163 Å². The van der Waals surface area contributed by atoms with E-state index in [-0.39, 0.29) is 25.4 Å². The number of Topliss-reactive ketones (excluding diaryl/α,β-unsaturated/α-hetero) is 1. The second kappa shape index (κ2) is 15.5. The van der Waals surface area contributed by atoms with Crippen molar-refractivity contribution < 1.29 is 33.5 Å². The summed E-state index contributed by atoms with van der Waals surface area (Å²) < 4.78 is 5.45. The lowest BCUT2D eigenvalue weighted by Crippen LogP contribution is -2.61. The molecular formula is C32H53N5O7. The van der Waals surface area contributed by atoms with E-state index in [9.17, 15) is 28.8 Å². The van der Waals surface area contributed by atoms with E-state index in [1.165, 1.54) is 11.0 Å². The summed E-state index contributed by atoms with van der Waals surface area (Å²) in [4.78, 5) is 80.2. The highest BCUT2D eigenvalue weighted by Gasteiger charge is 2.45. The van der Waals surface area contributed by atoms with Gasteiger partial charge in [0.2, 0.25) is 17.6 Å². The maximum Gasteiger partial charge on any atom is 0.329 e. The Kier molecular flexibility index (Phi) is 13.0. The molecule has 1 aliphatic heterocycles. The Hall–Kier alpha value is -3.44. The summed E-state index contributed by atoms with van der Waals surface area (Å²) in [7, 11) is 0. The van der Waals surface area contributed by atoms with Crippen molar-refractivity contribution in [1.29, 1.82) is 0 Å². The Morgan fingerprint density at radius 3 is 2.07 bits per heavy atom. The van der Waals surface area contributed by atoms with Gasteiger partial charge in [-0.1, -0.05) is 67.9 Å². The zero-order valence-corrected chi connectivity index (χ0v) is 27.7. The van der Waals surface area contributed by atoms with Crippen LogP contribution in [0.1, 0.15) is 87.5 Å². The number of carbonyl (C=O) groups excluding carboxylic acids is 6. The first-order chi connectivity index (χ1) is 20.4. The molecule has 1 saturated carbocycles. The maximum absolute atomic E-state index is 14.0. The minimum absolute atomic E-state index is 0.0214. The molecule has 2 rings (SSSR count). The zero-order valence-electron chi connectivity index (χ0n) is 27.7. The van der Waals surface area contributed by atoms with E-state index in [1.54, 1.807) is 20.8 Å². The molecule has 5 amide bonds. The number of carbonyl (C=O) groups is 6. The third-order valence-corrected chi connectivity index (χ3v) is 7.86. The van der Waals surface area contributed by atoms with Gasteiger partial charge in [-0.2, -0.15) is 0 Å². The van der Waals surface area contributed by atoms with Crippen LogP contribution in [0.2, 0.25) is 0 Å². The predicted molar refractivity (Wildman–Crippen MR) is 166 cm³/mol. The van der Waals surface area contributed by atoms with Crippen LogP contribution in [0.3, 0.4) is 0 Å². The Morgan fingerprint density at radius 2 is 1.55 bits per heavy atom. The van der Waals surface area contributed by atoms with Gasteiger partial charge in [0.25, 0.3) is 5.91 Å². The monoisotopic (exact) mass is 619 g/mol. The van der Waals surface area contributed by atoms with Crippen LogP contribution in [0.15, 0.2) is 12.7 Å². The number of amides is 5. The number of ketones is 1. The first-order valence-electron chi connectivity index (χ1n) is 15.7. The van der Waals surface area contributed by atoms with Crippen LogP contribution >= 0.6 is 0 Å². The fourth-order valence-corrected chi connectivity index (χ4v) is 5.09. The lowest BCUT2D eigenvalue weighted by atomic mass is 9.85. The summed E-state index contributed by atoms with van der Waals surface area (Å²) in [5, 5.41) is 10.6. The molecule has 0 aromatic carbocycles. The van der Waals surface area contributed by atoms with Crippen molar-refractivity contribution >= 4 is 35.5 Å². The van der Waals surface area contributed by atoms with E-state index < -0.39 is 70.5 Å². The van der Waals surface area contributed by atoms with Crippen LogP contribution < -0.4 is 21.3 Å². The number of ether oxygens (including phenoxy) is 1. The summed E-state index contributed by atoms with van der Waals surface area (Å²) in [6.45, 7) is 18.8. The van der Waals surface area contributed by atoms with E-state index in [0.29, 0.717) is 25.4 Å². The van der Waals surface area contributed by atoms with Gasteiger partial charge in [-0.15, -0.1) is 6.58 Å². The number of esters is 1. The third-order valence-electron chi connectivity index (χ3n) is 7.86. The Bertz CT molecular complexity index is 1090. The normalized spacial score (nSPS) is 20.5. The van der Waals surface area contributed by atoms with Crippen molar-refractivity contribution in [1.82, 2.24) is 26.2 Å². The molecule has 0 radical (unpaired) electrons. The summed E-state index contributed by atoms with van der Waals surface area (Å²) in [5.74, 6) is -2.75. The largest absolute Gasteiger partial charge is 0.464 e. The van der Waals surface area contributed by atoms with Crippen LogP contribution in [-0.2, 0) is 28.7 Å². The zero-order chi connectivity index (χ0) is 33.4. The molecule has 5 atom stereocenters. The molecule has 0 aromatic rings. The molecule has 2 aliphatic rings. The van der Waals surface area contributed by atoms with Gasteiger partial charge in [-0.3, -0.25) is 19.2 Å². The van der Waals surface area contributed by atoms with Crippen molar-refractivity contribution in [3.8, 4) is 0 Å². The standard InChI is InChI=1S/C32H53N5O7/c1-10-12-21(23(38)27(40)33-15-11-2)34-26(39)22-16-19(3)17-37(22)28(41)24(31(4,5)6)35-30(43)36-25(32(7,8)9)29(42)44-18-20-13-14-20/h11,19-22,24-25H,2,10,12-18H2,1,3-9H3,(H,33,40)(H,34,39)(H2,35,36,43)/t19-,21?,22+,24-,25-/m1/s1. The van der Waals surface area contributed by atoms with Crippen LogP contribution in [0.5, 0.6) is 0 Å². The van der Waals surface area contributed by atoms with E-state index in [2.05, 4.69) is 27.8 Å². The van der Waals surface area contributed by atoms with E-state index in [0.717, 1.165) is 12.8 Å². The quantitative estimate of drug-likeness (QED) is 0.132. The molecule has 0 bridgehead atoms. The molecule has 12 nitrogen and oxygen atoms in total. The number of hydrogen-bond donors (Lipinski definition) is 4. The summed E-state index contributed by atoms with van der Waals surface area (Å²) in [6, 6.07) is -4.62. The van der Waals surface area contributed by atoms with Crippen LogP contribution in [-0.4, -0.2) is 84.3 Å². The molecular weight excluding hydrogens is 566 g/mol. The molecule has 0 spiro atoms. The maximum atomic E-state index is 14.0. The van der Waals surface area contributed by atoms with Gasteiger partial charge < -0.3 is 30.9 Å². The number of nitrogens with zero attached hydrogens (tertiary/aromatic N) is 1. The smallest absolute Gasteiger partial charge is 0.329 e. The number of hydrogen-bond acceptors (Lipinski definition) is 7. The number of urea groups is 1. The molecule has 12 heteroatoms. The van der Waals surface area contributed by atoms with Gasteiger partial charge >= 0.3 is 12.0 Å². The van der Waals surface area contributed by atoms with Crippen molar-refractivity contribution in [3.63, 3.8) is 0 Å². The first kappa shape index (κ1) is 36.8. The third kappa shape index (κ3) is 10.6. The first-order valence-corrected chi connectivity index (χ1v) is 15.7. The molecule has 2 fully saturated rings. The lowest BCUT2D eigenvalue weighted by Gasteiger charge is -2.36. The van der Waals surface area contributed by atoms with Crippen molar-refractivity contribution in [2.45, 2.75) is 112 Å². The highest BCUT2D eigenvalue weighted by atomic mass is 16.5. The second-order valence-corrected chi connectivity index (χ2v) is 14.3. The second-order valence-electron chi connectivity index (χ2n) is 14.3. The van der Waals surface area contributed by atoms with Gasteiger partial charge in [0.1, 0.15) is 18.1 Å². The van der Waals surface area contributed by atoms with Gasteiger partial charge in [0.15, 0.2) is 0 Å². The summed E-state index contributed by atoms with van der Waals surface area (Å²) in [6.07, 6.45) is 4.65. The molecule has 0 aromatic heterocycles. The van der Waals surface area contributed by atoms with E-state index >= 15 is 0 Å². The number of likely N-dealkylation sites (tertiary alicyclic amines) is 1. The SMILES string of the molecule is C=CCNC(=O)C(=O)C(CCC)NC(=O)[C@@H]1C[C@@H](C)CN1C(=O)[C@@H](NC(=O)N[C@H](C(=O)OCC1CC1)C(C)(C)C)C(C)(C)C. The fourth-order valence-electron chi connectivity index (χ4n) is 5.09. The molecule has 248 valence electrons. The highest BCUT2D eigenvalue weighted by Crippen LogP contribution is 2.30. The van der Waals surface area contributed by atoms with Gasteiger partial charge in [-0.25, -0.2) is 9.59 Å².